The van der Waals surface area contributed by atoms with E-state index in [1.165, 1.54) is 51.4 Å². The van der Waals surface area contributed by atoms with E-state index in [1.54, 1.807) is 10.5 Å². The van der Waals surface area contributed by atoms with Crippen LogP contribution in [0, 0.1) is 52.3 Å². The van der Waals surface area contributed by atoms with Gasteiger partial charge in [0.2, 0.25) is 5.91 Å². The van der Waals surface area contributed by atoms with Crippen LogP contribution in [-0.2, 0) is 9.53 Å². The van der Waals surface area contributed by atoms with E-state index in [4.69, 9.17) is 4.74 Å². The molecular weight excluding hydrogens is 576 g/mol. The predicted molar refractivity (Wildman–Crippen MR) is 183 cm³/mol. The van der Waals surface area contributed by atoms with E-state index >= 15 is 0 Å². The van der Waals surface area contributed by atoms with Crippen molar-refractivity contribution in [3.8, 4) is 0 Å². The predicted octanol–water partition coefficient (Wildman–Crippen LogP) is 7.49. The summed E-state index contributed by atoms with van der Waals surface area (Å²) in [5.41, 5.74) is 2.32. The number of carbonyl (C=O) groups excluding carboxylic acids is 2. The molecule has 4 fully saturated rings. The van der Waals surface area contributed by atoms with Crippen LogP contribution in [0.3, 0.4) is 0 Å². The van der Waals surface area contributed by atoms with Crippen LogP contribution in [0.15, 0.2) is 11.6 Å². The zero-order valence-corrected chi connectivity index (χ0v) is 29.8. The third kappa shape index (κ3) is 7.66. The molecule has 0 spiro atoms. The fourth-order valence-corrected chi connectivity index (χ4v) is 11.1. The van der Waals surface area contributed by atoms with Crippen molar-refractivity contribution >= 4 is 12.0 Å². The lowest BCUT2D eigenvalue weighted by Crippen LogP contribution is -2.51. The maximum Gasteiger partial charge on any atom is 0.407 e. The molecule has 0 bridgehead atoms. The summed E-state index contributed by atoms with van der Waals surface area (Å²) in [6, 6.07) is 0. The summed E-state index contributed by atoms with van der Waals surface area (Å²) in [6.45, 7) is 13.7. The standard InChI is InChI=1S/C39H66N2O5/c1-26(2)10-9-11-27(3)32-15-16-33-31-14-13-29-22-30(17-19-38(29,4)34(31)18-20-39(32,33)5)46-37(45)40-21-8-6-7-12-36(44)41-23-28(25-42)35(43)24-41/h13,26-28,30-35,42-43H,6-12,14-25H2,1-5H3,(H,40,45). The van der Waals surface area contributed by atoms with E-state index < -0.39 is 6.10 Å². The van der Waals surface area contributed by atoms with Crippen LogP contribution in [0.5, 0.6) is 0 Å². The number of carbonyl (C=O) groups is 2. The van der Waals surface area contributed by atoms with Gasteiger partial charge in [-0.05, 0) is 104 Å². The Kier molecular flexibility index (Phi) is 11.9. The minimum Gasteiger partial charge on any atom is -0.446 e. The van der Waals surface area contributed by atoms with Gasteiger partial charge < -0.3 is 25.2 Å². The number of amides is 2. The fourth-order valence-electron chi connectivity index (χ4n) is 11.1. The Balaban J connectivity index is 1.03. The lowest BCUT2D eigenvalue weighted by molar-refractivity contribution is -0.130. The van der Waals surface area contributed by atoms with Gasteiger partial charge in [-0.3, -0.25) is 4.79 Å². The van der Waals surface area contributed by atoms with E-state index in [1.807, 2.05) is 0 Å². The summed E-state index contributed by atoms with van der Waals surface area (Å²) < 4.78 is 5.94. The first-order valence-electron chi connectivity index (χ1n) is 19.2. The van der Waals surface area contributed by atoms with E-state index in [9.17, 15) is 19.8 Å². The molecule has 1 aliphatic heterocycles. The van der Waals surface area contributed by atoms with Gasteiger partial charge in [0.15, 0.2) is 0 Å². The Morgan fingerprint density at radius 2 is 1.80 bits per heavy atom. The van der Waals surface area contributed by atoms with Crippen molar-refractivity contribution < 1.29 is 24.5 Å². The molecule has 0 radical (unpaired) electrons. The largest absolute Gasteiger partial charge is 0.446 e. The molecule has 7 heteroatoms. The number of hydrogen-bond donors (Lipinski definition) is 3. The van der Waals surface area contributed by atoms with Crippen LogP contribution in [0.4, 0.5) is 4.79 Å². The van der Waals surface area contributed by atoms with E-state index in [-0.39, 0.29) is 36.0 Å². The molecule has 4 aliphatic carbocycles. The number of rotatable bonds is 13. The van der Waals surface area contributed by atoms with Crippen LogP contribution in [-0.4, -0.2) is 65.6 Å². The van der Waals surface area contributed by atoms with Crippen LogP contribution >= 0.6 is 0 Å². The summed E-state index contributed by atoms with van der Waals surface area (Å²) >= 11 is 0. The van der Waals surface area contributed by atoms with Crippen molar-refractivity contribution in [2.24, 2.45) is 52.3 Å². The summed E-state index contributed by atoms with van der Waals surface area (Å²) in [5.74, 6) is 4.80. The van der Waals surface area contributed by atoms with Gasteiger partial charge in [0.25, 0.3) is 0 Å². The molecule has 7 nitrogen and oxygen atoms in total. The first-order chi connectivity index (χ1) is 22.0. The topological polar surface area (TPSA) is 99.1 Å². The minimum atomic E-state index is -0.630. The molecule has 3 N–H and O–H groups in total. The molecule has 10 unspecified atom stereocenters. The van der Waals surface area contributed by atoms with Gasteiger partial charge in [-0.2, -0.15) is 0 Å². The highest BCUT2D eigenvalue weighted by Gasteiger charge is 2.59. The summed E-state index contributed by atoms with van der Waals surface area (Å²) in [7, 11) is 0. The second-order valence-electron chi connectivity index (χ2n) is 17.1. The van der Waals surface area contributed by atoms with Crippen molar-refractivity contribution in [2.75, 3.05) is 26.2 Å². The summed E-state index contributed by atoms with van der Waals surface area (Å²) in [4.78, 5) is 26.7. The van der Waals surface area contributed by atoms with Crippen molar-refractivity contribution in [3.05, 3.63) is 11.6 Å². The highest BCUT2D eigenvalue weighted by molar-refractivity contribution is 5.76. The van der Waals surface area contributed by atoms with Gasteiger partial charge in [0, 0.05) is 38.4 Å². The van der Waals surface area contributed by atoms with Crippen molar-refractivity contribution in [1.29, 1.82) is 0 Å². The molecule has 0 aromatic carbocycles. The van der Waals surface area contributed by atoms with Crippen molar-refractivity contribution in [3.63, 3.8) is 0 Å². The maximum atomic E-state index is 12.7. The van der Waals surface area contributed by atoms with Gasteiger partial charge in [0.1, 0.15) is 6.10 Å². The summed E-state index contributed by atoms with van der Waals surface area (Å²) in [5, 5.41) is 22.2. The van der Waals surface area contributed by atoms with E-state index in [2.05, 4.69) is 46.0 Å². The smallest absolute Gasteiger partial charge is 0.407 e. The first-order valence-corrected chi connectivity index (χ1v) is 19.2. The maximum absolute atomic E-state index is 12.7. The van der Waals surface area contributed by atoms with Gasteiger partial charge in [0.05, 0.1) is 12.7 Å². The monoisotopic (exact) mass is 642 g/mol. The lowest BCUT2D eigenvalue weighted by Gasteiger charge is -2.58. The SMILES string of the molecule is CC(C)CCCC(C)C1CCC2C3CC=C4CC(OC(=O)NCCCCCC(=O)N5CC(O)C(CO)C5)CCC4(C)C3CCC12C. The normalized spacial score (nSPS) is 37.7. The zero-order chi connectivity index (χ0) is 33.1. The number of nitrogens with one attached hydrogen (secondary N) is 1. The molecule has 5 aliphatic rings. The number of alkyl carbamates (subject to hydrolysis) is 1. The number of allylic oxidation sites excluding steroid dienone is 1. The van der Waals surface area contributed by atoms with Crippen molar-refractivity contribution in [2.45, 2.75) is 143 Å². The third-order valence-electron chi connectivity index (χ3n) is 13.9. The zero-order valence-electron chi connectivity index (χ0n) is 29.8. The molecule has 262 valence electrons. The number of nitrogens with zero attached hydrogens (tertiary/aromatic N) is 1. The quantitative estimate of drug-likeness (QED) is 0.143. The molecule has 10 atom stereocenters. The van der Waals surface area contributed by atoms with E-state index in [0.717, 1.165) is 74.0 Å². The molecule has 0 aromatic rings. The Labute approximate surface area is 279 Å². The number of aliphatic hydroxyl groups is 2. The van der Waals surface area contributed by atoms with Crippen LogP contribution in [0.1, 0.15) is 131 Å². The molecule has 1 saturated heterocycles. The number of fused-ring (bicyclic) bond motifs is 5. The van der Waals surface area contributed by atoms with Gasteiger partial charge >= 0.3 is 6.09 Å². The Hall–Kier alpha value is -1.60. The fraction of sp³-hybridized carbons (Fsp3) is 0.897. The molecule has 0 aromatic heterocycles. The number of likely N-dealkylation sites (tertiary alicyclic amines) is 1. The van der Waals surface area contributed by atoms with Crippen LogP contribution < -0.4 is 5.32 Å². The Morgan fingerprint density at radius 1 is 1.00 bits per heavy atom. The number of unbranched alkanes of at least 4 members (excludes halogenated alkanes) is 2. The Bertz CT molecular complexity index is 1080. The molecule has 5 rings (SSSR count). The molecule has 46 heavy (non-hydrogen) atoms. The van der Waals surface area contributed by atoms with Gasteiger partial charge in [-0.15, -0.1) is 0 Å². The lowest BCUT2D eigenvalue weighted by atomic mass is 9.47. The third-order valence-corrected chi connectivity index (χ3v) is 13.9. The molecule has 3 saturated carbocycles. The number of aliphatic hydroxyl groups excluding tert-OH is 2. The van der Waals surface area contributed by atoms with Crippen molar-refractivity contribution in [1.82, 2.24) is 10.2 Å². The average molecular weight is 643 g/mol. The van der Waals surface area contributed by atoms with Crippen LogP contribution in [0.2, 0.25) is 0 Å². The van der Waals surface area contributed by atoms with Crippen LogP contribution in [0.25, 0.3) is 0 Å². The molecule has 2 amide bonds. The number of hydrogen-bond acceptors (Lipinski definition) is 5. The molecular formula is C39H66N2O5. The van der Waals surface area contributed by atoms with Gasteiger partial charge in [-0.25, -0.2) is 4.79 Å². The average Bonchev–Trinajstić information content (AvgIpc) is 3.58. The van der Waals surface area contributed by atoms with Gasteiger partial charge in [-0.1, -0.05) is 72.0 Å². The Morgan fingerprint density at radius 3 is 2.54 bits per heavy atom. The summed E-state index contributed by atoms with van der Waals surface area (Å²) in [6.07, 6.45) is 18.4. The highest BCUT2D eigenvalue weighted by atomic mass is 16.6. The first kappa shape index (κ1) is 35.7. The highest BCUT2D eigenvalue weighted by Crippen LogP contribution is 2.67. The second kappa shape index (κ2) is 15.3. The number of β-amino-alcohol motifs (C(OH)–C–C–N with tert-alkyl or cyclic N) is 1. The number of ether oxygens (including phenoxy) is 1. The van der Waals surface area contributed by atoms with E-state index in [0.29, 0.717) is 31.5 Å². The minimum absolute atomic E-state index is 0.0341. The molecule has 1 heterocycles. The second-order valence-corrected chi connectivity index (χ2v) is 17.1.